The smallest absolute Gasteiger partial charge is 0.127 e. The second-order valence-electron chi connectivity index (χ2n) is 5.66. The van der Waals surface area contributed by atoms with Crippen molar-refractivity contribution in [3.63, 3.8) is 0 Å². The van der Waals surface area contributed by atoms with E-state index in [0.29, 0.717) is 6.54 Å². The summed E-state index contributed by atoms with van der Waals surface area (Å²) in [4.78, 5) is 2.02. The predicted molar refractivity (Wildman–Crippen MR) is 95.2 cm³/mol. The minimum absolute atomic E-state index is 0.269. The van der Waals surface area contributed by atoms with Gasteiger partial charge in [0.05, 0.1) is 0 Å². The summed E-state index contributed by atoms with van der Waals surface area (Å²) in [5, 5.41) is 12.5. The van der Waals surface area contributed by atoms with Crippen molar-refractivity contribution >= 4 is 16.5 Å². The Hall–Kier alpha value is -2.52. The molecule has 0 heterocycles. The van der Waals surface area contributed by atoms with Crippen molar-refractivity contribution in [2.24, 2.45) is 0 Å². The highest BCUT2D eigenvalue weighted by molar-refractivity contribution is 5.88. The molecule has 3 aromatic rings. The van der Waals surface area contributed by atoms with E-state index in [1.807, 2.05) is 72.6 Å². The molecule has 3 heteroatoms. The Morgan fingerprint density at radius 3 is 2.43 bits per heavy atom. The van der Waals surface area contributed by atoms with Gasteiger partial charge in [0.15, 0.2) is 0 Å². The first-order chi connectivity index (χ1) is 11.2. The van der Waals surface area contributed by atoms with Crippen LogP contribution in [0.4, 0.5) is 5.69 Å². The Balaban J connectivity index is 1.61. The van der Waals surface area contributed by atoms with Crippen LogP contribution in [0.15, 0.2) is 72.8 Å². The summed E-state index contributed by atoms with van der Waals surface area (Å²) in [5.41, 5.74) is 1.08. The van der Waals surface area contributed by atoms with Gasteiger partial charge in [0, 0.05) is 24.7 Å². The van der Waals surface area contributed by atoms with Crippen molar-refractivity contribution < 1.29 is 9.84 Å². The number of ether oxygens (including phenoxy) is 1. The molecule has 3 nitrogen and oxygen atoms in total. The molecule has 0 aliphatic heterocycles. The van der Waals surface area contributed by atoms with Crippen molar-refractivity contribution in [2.45, 2.75) is 6.10 Å². The molecule has 3 aromatic carbocycles. The van der Waals surface area contributed by atoms with Crippen LogP contribution in [0.5, 0.6) is 5.75 Å². The fraction of sp³-hybridized carbons (Fsp3) is 0.200. The largest absolute Gasteiger partial charge is 0.490 e. The standard InChI is InChI=1S/C20H21NO2/c1-21(17-10-3-2-4-11-17)14-18(22)15-23-20-13-7-9-16-8-5-6-12-19(16)20/h2-13,18,22H,14-15H2,1H3. The third-order valence-corrected chi connectivity index (χ3v) is 3.86. The number of hydrogen-bond donors (Lipinski definition) is 1. The fourth-order valence-corrected chi connectivity index (χ4v) is 2.66. The summed E-state index contributed by atoms with van der Waals surface area (Å²) in [7, 11) is 1.97. The average molecular weight is 307 g/mol. The average Bonchev–Trinajstić information content (AvgIpc) is 2.60. The van der Waals surface area contributed by atoms with Crippen LogP contribution in [0, 0.1) is 0 Å². The van der Waals surface area contributed by atoms with E-state index in [2.05, 4.69) is 12.1 Å². The number of para-hydroxylation sites is 1. The summed E-state index contributed by atoms with van der Waals surface area (Å²) in [6.45, 7) is 0.792. The zero-order chi connectivity index (χ0) is 16.1. The van der Waals surface area contributed by atoms with E-state index in [1.165, 1.54) is 0 Å². The molecule has 0 saturated heterocycles. The number of benzene rings is 3. The molecule has 1 unspecified atom stereocenters. The van der Waals surface area contributed by atoms with Crippen LogP contribution in [0.2, 0.25) is 0 Å². The first-order valence-electron chi connectivity index (χ1n) is 7.79. The molecule has 0 spiro atoms. The van der Waals surface area contributed by atoms with Crippen molar-refractivity contribution in [3.8, 4) is 5.75 Å². The van der Waals surface area contributed by atoms with Crippen molar-refractivity contribution in [1.82, 2.24) is 0 Å². The molecule has 1 atom stereocenters. The molecule has 0 amide bonds. The second kappa shape index (κ2) is 7.16. The number of rotatable bonds is 6. The molecular formula is C20H21NO2. The van der Waals surface area contributed by atoms with E-state index in [4.69, 9.17) is 4.74 Å². The van der Waals surface area contributed by atoms with E-state index in [9.17, 15) is 5.11 Å². The molecule has 0 aromatic heterocycles. The molecule has 118 valence electrons. The lowest BCUT2D eigenvalue weighted by Gasteiger charge is -2.23. The fourth-order valence-electron chi connectivity index (χ4n) is 2.66. The highest BCUT2D eigenvalue weighted by Gasteiger charge is 2.10. The first kappa shape index (κ1) is 15.4. The summed E-state index contributed by atoms with van der Waals surface area (Å²) < 4.78 is 5.84. The third-order valence-electron chi connectivity index (χ3n) is 3.86. The Morgan fingerprint density at radius 1 is 0.913 bits per heavy atom. The van der Waals surface area contributed by atoms with Crippen LogP contribution in [-0.4, -0.2) is 31.4 Å². The normalized spacial score (nSPS) is 12.1. The molecule has 0 saturated carbocycles. The van der Waals surface area contributed by atoms with Gasteiger partial charge in [-0.1, -0.05) is 54.6 Å². The van der Waals surface area contributed by atoms with Gasteiger partial charge in [0.25, 0.3) is 0 Å². The number of hydrogen-bond acceptors (Lipinski definition) is 3. The van der Waals surface area contributed by atoms with Crippen molar-refractivity contribution in [2.75, 3.05) is 25.1 Å². The van der Waals surface area contributed by atoms with Gasteiger partial charge >= 0.3 is 0 Å². The summed E-state index contributed by atoms with van der Waals surface area (Å²) in [6, 6.07) is 24.1. The van der Waals surface area contributed by atoms with Crippen LogP contribution < -0.4 is 9.64 Å². The topological polar surface area (TPSA) is 32.7 Å². The SMILES string of the molecule is CN(CC(O)COc1cccc2ccccc12)c1ccccc1. The van der Waals surface area contributed by atoms with Gasteiger partial charge in [0.1, 0.15) is 18.5 Å². The lowest BCUT2D eigenvalue weighted by molar-refractivity contribution is 0.114. The third kappa shape index (κ3) is 3.82. The maximum Gasteiger partial charge on any atom is 0.127 e. The van der Waals surface area contributed by atoms with Gasteiger partial charge < -0.3 is 14.7 Å². The van der Waals surface area contributed by atoms with E-state index >= 15 is 0 Å². The molecule has 0 aliphatic carbocycles. The van der Waals surface area contributed by atoms with Crippen LogP contribution in [0.3, 0.4) is 0 Å². The lowest BCUT2D eigenvalue weighted by Crippen LogP contribution is -2.33. The molecule has 0 aliphatic rings. The minimum atomic E-state index is -0.556. The monoisotopic (exact) mass is 307 g/mol. The molecule has 23 heavy (non-hydrogen) atoms. The zero-order valence-corrected chi connectivity index (χ0v) is 13.2. The number of fused-ring (bicyclic) bond motifs is 1. The lowest BCUT2D eigenvalue weighted by atomic mass is 10.1. The van der Waals surface area contributed by atoms with E-state index in [-0.39, 0.29) is 6.61 Å². The highest BCUT2D eigenvalue weighted by Crippen LogP contribution is 2.25. The van der Waals surface area contributed by atoms with Crippen LogP contribution >= 0.6 is 0 Å². The predicted octanol–water partition coefficient (Wildman–Crippen LogP) is 3.72. The van der Waals surface area contributed by atoms with Gasteiger partial charge in [-0.15, -0.1) is 0 Å². The Kier molecular flexibility index (Phi) is 4.79. The maximum atomic E-state index is 10.2. The molecule has 3 rings (SSSR count). The van der Waals surface area contributed by atoms with E-state index in [0.717, 1.165) is 22.2 Å². The number of nitrogens with zero attached hydrogens (tertiary/aromatic N) is 1. The second-order valence-corrected chi connectivity index (χ2v) is 5.66. The number of likely N-dealkylation sites (N-methyl/N-ethyl adjacent to an activating group) is 1. The maximum absolute atomic E-state index is 10.2. The van der Waals surface area contributed by atoms with Crippen molar-refractivity contribution in [1.29, 1.82) is 0 Å². The van der Waals surface area contributed by atoms with Gasteiger partial charge in [-0.05, 0) is 23.6 Å². The molecule has 1 N–H and O–H groups in total. The Bertz CT molecular complexity index is 752. The molecule has 0 radical (unpaired) electrons. The van der Waals surface area contributed by atoms with Gasteiger partial charge in [-0.25, -0.2) is 0 Å². The van der Waals surface area contributed by atoms with Gasteiger partial charge in [-0.3, -0.25) is 0 Å². The number of anilines is 1. The molecule has 0 fully saturated rings. The molecular weight excluding hydrogens is 286 g/mol. The minimum Gasteiger partial charge on any atom is -0.490 e. The Morgan fingerprint density at radius 2 is 1.61 bits per heavy atom. The number of aliphatic hydroxyl groups is 1. The molecule has 0 bridgehead atoms. The Labute approximate surface area is 136 Å². The van der Waals surface area contributed by atoms with E-state index in [1.54, 1.807) is 0 Å². The first-order valence-corrected chi connectivity index (χ1v) is 7.79. The highest BCUT2D eigenvalue weighted by atomic mass is 16.5. The number of aliphatic hydroxyl groups excluding tert-OH is 1. The summed E-state index contributed by atoms with van der Waals surface area (Å²) in [6.07, 6.45) is -0.556. The van der Waals surface area contributed by atoms with E-state index < -0.39 is 6.10 Å². The van der Waals surface area contributed by atoms with Gasteiger partial charge in [0.2, 0.25) is 0 Å². The van der Waals surface area contributed by atoms with Gasteiger partial charge in [-0.2, -0.15) is 0 Å². The van der Waals surface area contributed by atoms with Crippen LogP contribution in [0.25, 0.3) is 10.8 Å². The van der Waals surface area contributed by atoms with Crippen LogP contribution in [-0.2, 0) is 0 Å². The summed E-state index contributed by atoms with van der Waals surface area (Å²) >= 11 is 0. The summed E-state index contributed by atoms with van der Waals surface area (Å²) in [5.74, 6) is 0.810. The quantitative estimate of drug-likeness (QED) is 0.753. The van der Waals surface area contributed by atoms with Crippen molar-refractivity contribution in [3.05, 3.63) is 72.8 Å². The van der Waals surface area contributed by atoms with Crippen LogP contribution in [0.1, 0.15) is 0 Å². The zero-order valence-electron chi connectivity index (χ0n) is 13.2.